The average Bonchev–Trinajstić information content (AvgIpc) is 3.47. The van der Waals surface area contributed by atoms with E-state index in [1.807, 2.05) is 0 Å². The minimum Gasteiger partial charge on any atom is -0.295 e. The van der Waals surface area contributed by atoms with Crippen LogP contribution in [-0.4, -0.2) is 5.78 Å². The second kappa shape index (κ2) is 4.31. The van der Waals surface area contributed by atoms with Crippen LogP contribution in [0.15, 0.2) is 11.6 Å². The van der Waals surface area contributed by atoms with Crippen LogP contribution in [0.2, 0.25) is 0 Å². The lowest BCUT2D eigenvalue weighted by Crippen LogP contribution is -2.54. The molecule has 2 heteroatoms. The van der Waals surface area contributed by atoms with Crippen molar-refractivity contribution in [2.75, 3.05) is 0 Å². The predicted molar refractivity (Wildman–Crippen MR) is 99.8 cm³/mol. The van der Waals surface area contributed by atoms with Gasteiger partial charge in [0, 0.05) is 6.42 Å². The molecule has 138 valence electrons. The van der Waals surface area contributed by atoms with Crippen molar-refractivity contribution in [1.29, 1.82) is 5.26 Å². The quantitative estimate of drug-likeness (QED) is 0.596. The van der Waals surface area contributed by atoms with Gasteiger partial charge >= 0.3 is 0 Å². The lowest BCUT2D eigenvalue weighted by Gasteiger charge is -2.60. The molecule has 0 N–H and O–H groups in total. The highest BCUT2D eigenvalue weighted by Gasteiger charge is 2.77. The smallest absolute Gasteiger partial charge is 0.155 e. The van der Waals surface area contributed by atoms with Gasteiger partial charge in [0.15, 0.2) is 5.78 Å². The van der Waals surface area contributed by atoms with Crippen molar-refractivity contribution in [1.82, 2.24) is 0 Å². The number of carbonyl (C=O) groups is 1. The molecule has 0 aromatic rings. The van der Waals surface area contributed by atoms with E-state index < -0.39 is 0 Å². The number of carbonyl (C=O) groups excluding carboxylic acids is 1. The Morgan fingerprint density at radius 3 is 2.50 bits per heavy atom. The second-order valence-corrected chi connectivity index (χ2v) is 11.6. The first-order valence-corrected chi connectivity index (χ1v) is 10.9. The zero-order valence-corrected chi connectivity index (χ0v) is 16.5. The van der Waals surface area contributed by atoms with E-state index in [0.29, 0.717) is 16.6 Å². The molecular formula is C24H31NO. The van der Waals surface area contributed by atoms with Crippen LogP contribution in [-0.2, 0) is 4.79 Å². The number of ketones is 1. The van der Waals surface area contributed by atoms with Gasteiger partial charge in [-0.15, -0.1) is 0 Å². The number of nitrogens with zero attached hydrogens (tertiary/aromatic N) is 1. The number of hydrogen-bond donors (Lipinski definition) is 0. The summed E-state index contributed by atoms with van der Waals surface area (Å²) in [4.78, 5) is 12.2. The van der Waals surface area contributed by atoms with E-state index >= 15 is 0 Å². The molecule has 6 rings (SSSR count). The fourth-order valence-corrected chi connectivity index (χ4v) is 9.32. The molecule has 0 heterocycles. The number of rotatable bonds is 0. The SMILES string of the molecule is CC12CCC(=O)C=C1C1(CC1)CC1C2CCC2(C)C1C1CC1(C)C2C#N. The van der Waals surface area contributed by atoms with Crippen molar-refractivity contribution < 1.29 is 4.79 Å². The van der Waals surface area contributed by atoms with Gasteiger partial charge in [0.2, 0.25) is 0 Å². The molecule has 6 aliphatic rings. The average molecular weight is 350 g/mol. The van der Waals surface area contributed by atoms with Crippen LogP contribution in [0.4, 0.5) is 0 Å². The van der Waals surface area contributed by atoms with Crippen LogP contribution >= 0.6 is 0 Å². The van der Waals surface area contributed by atoms with E-state index in [9.17, 15) is 10.1 Å². The molecule has 1 spiro atoms. The molecular weight excluding hydrogens is 318 g/mol. The molecule has 8 atom stereocenters. The van der Waals surface area contributed by atoms with Crippen LogP contribution < -0.4 is 0 Å². The molecule has 5 fully saturated rings. The van der Waals surface area contributed by atoms with Gasteiger partial charge in [0.25, 0.3) is 0 Å². The Bertz CT molecular complexity index is 800. The highest BCUT2D eigenvalue weighted by atomic mass is 16.1. The molecule has 0 aromatic carbocycles. The zero-order chi connectivity index (χ0) is 18.1. The third-order valence-corrected chi connectivity index (χ3v) is 10.6. The molecule has 0 aliphatic heterocycles. The van der Waals surface area contributed by atoms with Gasteiger partial charge in [-0.3, -0.25) is 4.79 Å². The molecule has 6 aliphatic carbocycles. The van der Waals surface area contributed by atoms with Gasteiger partial charge in [-0.1, -0.05) is 26.3 Å². The van der Waals surface area contributed by atoms with Crippen LogP contribution in [0.3, 0.4) is 0 Å². The van der Waals surface area contributed by atoms with Crippen molar-refractivity contribution >= 4 is 5.78 Å². The maximum Gasteiger partial charge on any atom is 0.155 e. The summed E-state index contributed by atoms with van der Waals surface area (Å²) >= 11 is 0. The molecule has 0 radical (unpaired) electrons. The topological polar surface area (TPSA) is 40.9 Å². The standard InChI is InChI=1S/C24H31NO/c1-21-6-4-14(26)10-18(21)24(8-9-24)11-15-16(21)5-7-22(2)19(13-25)23(3)12-17(23)20(15)22/h10,15-17,19-20H,4-9,11-12H2,1-3H3. The molecule has 0 aromatic heterocycles. The Hall–Kier alpha value is -1.10. The number of fused-ring (bicyclic) bond motifs is 8. The van der Waals surface area contributed by atoms with Crippen LogP contribution in [0.1, 0.15) is 72.1 Å². The summed E-state index contributed by atoms with van der Waals surface area (Å²) in [6.45, 7) is 7.39. The number of nitriles is 1. The third kappa shape index (κ3) is 1.56. The molecule has 0 bridgehead atoms. The minimum absolute atomic E-state index is 0.242. The number of allylic oxidation sites excluding steroid dienone is 1. The zero-order valence-electron chi connectivity index (χ0n) is 16.5. The van der Waals surface area contributed by atoms with Crippen molar-refractivity contribution in [3.63, 3.8) is 0 Å². The van der Waals surface area contributed by atoms with Crippen LogP contribution in [0.5, 0.6) is 0 Å². The minimum atomic E-state index is 0.242. The van der Waals surface area contributed by atoms with Crippen molar-refractivity contribution in [3.8, 4) is 6.07 Å². The van der Waals surface area contributed by atoms with E-state index in [-0.39, 0.29) is 16.7 Å². The first-order chi connectivity index (χ1) is 12.3. The normalized spacial score (nSPS) is 58.0. The fraction of sp³-hybridized carbons (Fsp3) is 0.833. The molecule has 2 nitrogen and oxygen atoms in total. The largest absolute Gasteiger partial charge is 0.295 e. The maximum atomic E-state index is 12.2. The van der Waals surface area contributed by atoms with Crippen molar-refractivity contribution in [3.05, 3.63) is 11.6 Å². The summed E-state index contributed by atoms with van der Waals surface area (Å²) < 4.78 is 0. The summed E-state index contributed by atoms with van der Waals surface area (Å²) in [5.41, 5.74) is 2.72. The summed E-state index contributed by atoms with van der Waals surface area (Å²) in [5.74, 6) is 3.72. The highest BCUT2D eigenvalue weighted by molar-refractivity contribution is 5.92. The van der Waals surface area contributed by atoms with Gasteiger partial charge in [-0.05, 0) is 96.4 Å². The van der Waals surface area contributed by atoms with Gasteiger partial charge < -0.3 is 0 Å². The molecule has 26 heavy (non-hydrogen) atoms. The lowest BCUT2D eigenvalue weighted by atomic mass is 9.43. The van der Waals surface area contributed by atoms with Crippen LogP contribution in [0.25, 0.3) is 0 Å². The van der Waals surface area contributed by atoms with Crippen molar-refractivity contribution in [2.45, 2.75) is 72.1 Å². The highest BCUT2D eigenvalue weighted by Crippen LogP contribution is 2.82. The van der Waals surface area contributed by atoms with Gasteiger partial charge in [-0.25, -0.2) is 0 Å². The van der Waals surface area contributed by atoms with E-state index in [1.165, 1.54) is 38.5 Å². The Morgan fingerprint density at radius 2 is 1.81 bits per heavy atom. The Morgan fingerprint density at radius 1 is 1.04 bits per heavy atom. The first kappa shape index (κ1) is 15.9. The predicted octanol–water partition coefficient (Wildman–Crippen LogP) is 5.29. The van der Waals surface area contributed by atoms with Gasteiger partial charge in [0.1, 0.15) is 0 Å². The summed E-state index contributed by atoms with van der Waals surface area (Å²) in [5, 5.41) is 10.0. The summed E-state index contributed by atoms with van der Waals surface area (Å²) in [6, 6.07) is 2.78. The monoisotopic (exact) mass is 349 g/mol. The van der Waals surface area contributed by atoms with Gasteiger partial charge in [0.05, 0.1) is 12.0 Å². The van der Waals surface area contributed by atoms with Gasteiger partial charge in [-0.2, -0.15) is 5.26 Å². The van der Waals surface area contributed by atoms with Crippen LogP contribution in [0, 0.1) is 62.6 Å². The van der Waals surface area contributed by atoms with E-state index in [1.54, 1.807) is 5.57 Å². The number of hydrogen-bond acceptors (Lipinski definition) is 2. The van der Waals surface area contributed by atoms with E-state index in [4.69, 9.17) is 0 Å². The third-order valence-electron chi connectivity index (χ3n) is 10.6. The summed E-state index contributed by atoms with van der Waals surface area (Å²) in [7, 11) is 0. The summed E-state index contributed by atoms with van der Waals surface area (Å²) in [6.07, 6.45) is 11.6. The molecule has 0 amide bonds. The molecule has 8 unspecified atom stereocenters. The lowest BCUT2D eigenvalue weighted by molar-refractivity contribution is -0.119. The maximum absolute atomic E-state index is 12.2. The molecule has 0 saturated heterocycles. The first-order valence-electron chi connectivity index (χ1n) is 10.9. The van der Waals surface area contributed by atoms with Crippen molar-refractivity contribution in [2.24, 2.45) is 51.2 Å². The fourth-order valence-electron chi connectivity index (χ4n) is 9.32. The Labute approximate surface area is 157 Å². The van der Waals surface area contributed by atoms with E-state index in [2.05, 4.69) is 32.9 Å². The Balaban J connectivity index is 1.47. The van der Waals surface area contributed by atoms with E-state index in [0.717, 1.165) is 36.5 Å². The Kier molecular flexibility index (Phi) is 2.64. The molecule has 5 saturated carbocycles. The second-order valence-electron chi connectivity index (χ2n) is 11.6.